The van der Waals surface area contributed by atoms with Crippen LogP contribution in [0.15, 0.2) is 43.1 Å². The van der Waals surface area contributed by atoms with Crippen molar-refractivity contribution in [1.82, 2.24) is 19.9 Å². The van der Waals surface area contributed by atoms with E-state index in [4.69, 9.17) is 4.74 Å². The molecular formula is C18H20N4O. The molecule has 3 aromatic rings. The van der Waals surface area contributed by atoms with E-state index >= 15 is 0 Å². The van der Waals surface area contributed by atoms with Crippen LogP contribution in [0, 0.1) is 13.8 Å². The van der Waals surface area contributed by atoms with Crippen LogP contribution in [-0.2, 0) is 6.42 Å². The smallest absolute Gasteiger partial charge is 0.125 e. The lowest BCUT2D eigenvalue weighted by Crippen LogP contribution is -2.09. The molecule has 3 rings (SSSR count). The van der Waals surface area contributed by atoms with Crippen molar-refractivity contribution < 1.29 is 4.74 Å². The topological polar surface area (TPSA) is 63.7 Å². The van der Waals surface area contributed by atoms with Crippen molar-refractivity contribution in [1.29, 1.82) is 0 Å². The molecule has 0 saturated carbocycles. The third-order valence-electron chi connectivity index (χ3n) is 3.99. The first kappa shape index (κ1) is 15.2. The first-order valence-electron chi connectivity index (χ1n) is 7.58. The Bertz CT molecular complexity index is 783. The molecule has 1 aromatic carbocycles. The highest BCUT2D eigenvalue weighted by atomic mass is 16.5. The van der Waals surface area contributed by atoms with Gasteiger partial charge in [-0.05, 0) is 25.5 Å². The third-order valence-corrected chi connectivity index (χ3v) is 3.99. The number of aryl methyl sites for hydroxylation is 2. The van der Waals surface area contributed by atoms with Gasteiger partial charge in [0, 0.05) is 41.2 Å². The molecule has 0 spiro atoms. The summed E-state index contributed by atoms with van der Waals surface area (Å²) in [6.45, 7) is 4.03. The van der Waals surface area contributed by atoms with Crippen LogP contribution in [0.3, 0.4) is 0 Å². The van der Waals surface area contributed by atoms with Crippen molar-refractivity contribution in [3.8, 4) is 5.75 Å². The van der Waals surface area contributed by atoms with E-state index in [-0.39, 0.29) is 5.92 Å². The molecule has 0 fully saturated rings. The third kappa shape index (κ3) is 3.23. The Hall–Kier alpha value is -2.69. The SMILES string of the molecule is COc1c(C)cccc1C(Cc1cc(C)ncn1)c1cnc[nH]1. The van der Waals surface area contributed by atoms with E-state index in [1.54, 1.807) is 19.8 Å². The zero-order chi connectivity index (χ0) is 16.2. The first-order chi connectivity index (χ1) is 11.2. The number of nitrogens with zero attached hydrogens (tertiary/aromatic N) is 3. The first-order valence-corrected chi connectivity index (χ1v) is 7.58. The minimum absolute atomic E-state index is 0.0987. The number of H-pyrrole nitrogens is 1. The summed E-state index contributed by atoms with van der Waals surface area (Å²) in [6, 6.07) is 8.24. The normalized spacial score (nSPS) is 12.1. The minimum Gasteiger partial charge on any atom is -0.496 e. The maximum absolute atomic E-state index is 5.65. The zero-order valence-corrected chi connectivity index (χ0v) is 13.6. The number of imidazole rings is 1. The van der Waals surface area contributed by atoms with Gasteiger partial charge < -0.3 is 9.72 Å². The highest BCUT2D eigenvalue weighted by Gasteiger charge is 2.21. The van der Waals surface area contributed by atoms with Crippen LogP contribution in [-0.4, -0.2) is 27.0 Å². The van der Waals surface area contributed by atoms with Gasteiger partial charge in [-0.2, -0.15) is 0 Å². The Morgan fingerprint density at radius 3 is 2.78 bits per heavy atom. The van der Waals surface area contributed by atoms with Crippen LogP contribution in [0.5, 0.6) is 5.75 Å². The number of nitrogens with one attached hydrogen (secondary N) is 1. The average molecular weight is 308 g/mol. The monoisotopic (exact) mass is 308 g/mol. The van der Waals surface area contributed by atoms with Crippen LogP contribution >= 0.6 is 0 Å². The lowest BCUT2D eigenvalue weighted by Gasteiger charge is -2.20. The lowest BCUT2D eigenvalue weighted by molar-refractivity contribution is 0.404. The lowest BCUT2D eigenvalue weighted by atomic mass is 9.89. The number of hydrogen-bond donors (Lipinski definition) is 1. The molecule has 0 radical (unpaired) electrons. The van der Waals surface area contributed by atoms with Crippen molar-refractivity contribution in [3.63, 3.8) is 0 Å². The van der Waals surface area contributed by atoms with Gasteiger partial charge in [0.05, 0.1) is 13.4 Å². The Morgan fingerprint density at radius 1 is 1.22 bits per heavy atom. The van der Waals surface area contributed by atoms with Gasteiger partial charge in [-0.1, -0.05) is 18.2 Å². The van der Waals surface area contributed by atoms with Crippen LogP contribution in [0.2, 0.25) is 0 Å². The molecule has 0 aliphatic carbocycles. The molecule has 0 aliphatic heterocycles. The van der Waals surface area contributed by atoms with E-state index in [9.17, 15) is 0 Å². The molecule has 0 amide bonds. The number of rotatable bonds is 5. The zero-order valence-electron chi connectivity index (χ0n) is 13.6. The van der Waals surface area contributed by atoms with Gasteiger partial charge in [-0.3, -0.25) is 0 Å². The maximum atomic E-state index is 5.65. The Labute approximate surface area is 135 Å². The van der Waals surface area contributed by atoms with Crippen molar-refractivity contribution in [2.75, 3.05) is 7.11 Å². The number of hydrogen-bond acceptors (Lipinski definition) is 4. The molecule has 0 aliphatic rings. The molecule has 5 nitrogen and oxygen atoms in total. The minimum atomic E-state index is 0.0987. The summed E-state index contributed by atoms with van der Waals surface area (Å²) in [5, 5.41) is 0. The van der Waals surface area contributed by atoms with Crippen molar-refractivity contribution in [2.45, 2.75) is 26.2 Å². The molecule has 0 bridgehead atoms. The van der Waals surface area contributed by atoms with Gasteiger partial charge in [0.1, 0.15) is 12.1 Å². The number of methoxy groups -OCH3 is 1. The summed E-state index contributed by atoms with van der Waals surface area (Å²) >= 11 is 0. The molecule has 23 heavy (non-hydrogen) atoms. The maximum Gasteiger partial charge on any atom is 0.125 e. The molecule has 1 unspecified atom stereocenters. The molecule has 1 N–H and O–H groups in total. The number of para-hydroxylation sites is 1. The van der Waals surface area contributed by atoms with Crippen LogP contribution in [0.4, 0.5) is 0 Å². The van der Waals surface area contributed by atoms with Gasteiger partial charge in [0.25, 0.3) is 0 Å². The largest absolute Gasteiger partial charge is 0.496 e. The van der Waals surface area contributed by atoms with E-state index in [1.807, 2.05) is 19.2 Å². The fourth-order valence-electron chi connectivity index (χ4n) is 2.90. The molecule has 0 saturated heterocycles. The van der Waals surface area contributed by atoms with E-state index in [0.29, 0.717) is 0 Å². The quantitative estimate of drug-likeness (QED) is 0.786. The van der Waals surface area contributed by atoms with Crippen LogP contribution < -0.4 is 4.74 Å². The van der Waals surface area contributed by atoms with Crippen LogP contribution in [0.1, 0.15) is 34.1 Å². The fraction of sp³-hybridized carbons (Fsp3) is 0.278. The van der Waals surface area contributed by atoms with Gasteiger partial charge in [0.2, 0.25) is 0 Å². The van der Waals surface area contributed by atoms with Crippen LogP contribution in [0.25, 0.3) is 0 Å². The summed E-state index contributed by atoms with van der Waals surface area (Å²) < 4.78 is 5.65. The van der Waals surface area contributed by atoms with Gasteiger partial charge in [-0.15, -0.1) is 0 Å². The number of benzene rings is 1. The van der Waals surface area contributed by atoms with Crippen molar-refractivity contribution >= 4 is 0 Å². The Kier molecular flexibility index (Phi) is 4.37. The summed E-state index contributed by atoms with van der Waals surface area (Å²) in [7, 11) is 1.71. The summed E-state index contributed by atoms with van der Waals surface area (Å²) in [5.41, 5.74) is 5.27. The Morgan fingerprint density at radius 2 is 2.09 bits per heavy atom. The fourth-order valence-corrected chi connectivity index (χ4v) is 2.90. The highest BCUT2D eigenvalue weighted by molar-refractivity contribution is 5.46. The van der Waals surface area contributed by atoms with Gasteiger partial charge in [-0.25, -0.2) is 15.0 Å². The molecule has 118 valence electrons. The van der Waals surface area contributed by atoms with Gasteiger partial charge in [0.15, 0.2) is 0 Å². The highest BCUT2D eigenvalue weighted by Crippen LogP contribution is 2.35. The molecule has 2 aromatic heterocycles. The predicted octanol–water partition coefficient (Wildman–Crippen LogP) is 3.20. The second-order valence-electron chi connectivity index (χ2n) is 5.61. The summed E-state index contributed by atoms with van der Waals surface area (Å²) in [4.78, 5) is 16.0. The van der Waals surface area contributed by atoms with E-state index < -0.39 is 0 Å². The number of ether oxygens (including phenoxy) is 1. The predicted molar refractivity (Wildman–Crippen MR) is 88.6 cm³/mol. The van der Waals surface area contributed by atoms with Crippen molar-refractivity contribution in [2.24, 2.45) is 0 Å². The van der Waals surface area contributed by atoms with E-state index in [2.05, 4.69) is 45.1 Å². The van der Waals surface area contributed by atoms with Gasteiger partial charge >= 0.3 is 0 Å². The second-order valence-corrected chi connectivity index (χ2v) is 5.61. The average Bonchev–Trinajstić information content (AvgIpc) is 3.06. The number of aromatic nitrogens is 4. The molecular weight excluding hydrogens is 288 g/mol. The second kappa shape index (κ2) is 6.60. The molecule has 5 heteroatoms. The summed E-state index contributed by atoms with van der Waals surface area (Å²) in [6.07, 6.45) is 5.93. The van der Waals surface area contributed by atoms with Crippen molar-refractivity contribution in [3.05, 3.63) is 71.3 Å². The number of aromatic amines is 1. The van der Waals surface area contributed by atoms with E-state index in [1.165, 1.54) is 0 Å². The Balaban J connectivity index is 2.05. The molecule has 1 atom stereocenters. The standard InChI is InChI=1S/C18H20N4O/c1-12-5-4-6-15(18(12)23-3)16(17-9-19-10-22-17)8-14-7-13(2)20-11-21-14/h4-7,9-11,16H,8H2,1-3H3,(H,19,22). The molecule has 2 heterocycles. The van der Waals surface area contributed by atoms with E-state index in [0.717, 1.165) is 40.4 Å². The summed E-state index contributed by atoms with van der Waals surface area (Å²) in [5.74, 6) is 1.01.